The van der Waals surface area contributed by atoms with Gasteiger partial charge in [0.25, 0.3) is 0 Å². The Hall–Kier alpha value is -1.38. The lowest BCUT2D eigenvalue weighted by Gasteiger charge is -1.96. The summed E-state index contributed by atoms with van der Waals surface area (Å²) < 4.78 is 25.6. The first-order chi connectivity index (χ1) is 6.45. The van der Waals surface area contributed by atoms with Gasteiger partial charge in [-0.1, -0.05) is 6.07 Å². The van der Waals surface area contributed by atoms with Crippen LogP contribution in [-0.2, 0) is 4.74 Å². The molecular weight excluding hydrogens is 142 g/mol. The van der Waals surface area contributed by atoms with E-state index in [1.807, 2.05) is 0 Å². The minimum Gasteiger partial charge on any atom is -0.464 e. The first kappa shape index (κ1) is 4.49. The predicted molar refractivity (Wildman–Crippen MR) is 40.3 cm³/mol. The lowest BCUT2D eigenvalue weighted by atomic mass is 10.3. The highest BCUT2D eigenvalue weighted by Crippen LogP contribution is 1.99. The SMILES string of the molecule is [2H]C([2H])([2H])c1ccc(C(=O)OC)nc1. The van der Waals surface area contributed by atoms with Crippen molar-refractivity contribution < 1.29 is 13.6 Å². The Kier molecular flexibility index (Phi) is 1.28. The van der Waals surface area contributed by atoms with Gasteiger partial charge in [0.1, 0.15) is 5.69 Å². The molecule has 0 atom stereocenters. The molecule has 11 heavy (non-hydrogen) atoms. The molecule has 0 aliphatic heterocycles. The number of hydrogen-bond donors (Lipinski definition) is 0. The average Bonchev–Trinajstić information content (AvgIpc) is 2.15. The van der Waals surface area contributed by atoms with Crippen LogP contribution >= 0.6 is 0 Å². The second-order valence-electron chi connectivity index (χ2n) is 1.92. The maximum Gasteiger partial charge on any atom is 0.356 e. The van der Waals surface area contributed by atoms with Crippen LogP contribution < -0.4 is 0 Å². The molecule has 0 saturated carbocycles. The average molecular weight is 154 g/mol. The smallest absolute Gasteiger partial charge is 0.356 e. The number of methoxy groups -OCH3 is 1. The molecule has 0 bridgehead atoms. The van der Waals surface area contributed by atoms with Gasteiger partial charge in [0.2, 0.25) is 0 Å². The second-order valence-corrected chi connectivity index (χ2v) is 1.92. The quantitative estimate of drug-likeness (QED) is 0.570. The van der Waals surface area contributed by atoms with E-state index in [1.54, 1.807) is 0 Å². The maximum absolute atomic E-state index is 10.9. The summed E-state index contributed by atoms with van der Waals surface area (Å²) in [7, 11) is 1.24. The Balaban J connectivity index is 2.95. The van der Waals surface area contributed by atoms with E-state index >= 15 is 0 Å². The van der Waals surface area contributed by atoms with Gasteiger partial charge in [-0.15, -0.1) is 0 Å². The fourth-order valence-corrected chi connectivity index (χ4v) is 0.619. The molecule has 0 unspecified atom stereocenters. The van der Waals surface area contributed by atoms with Crippen molar-refractivity contribution in [1.29, 1.82) is 0 Å². The van der Waals surface area contributed by atoms with Crippen LogP contribution in [0, 0.1) is 6.85 Å². The van der Waals surface area contributed by atoms with Crippen LogP contribution in [0.3, 0.4) is 0 Å². The molecule has 3 heteroatoms. The van der Waals surface area contributed by atoms with Crippen molar-refractivity contribution in [2.45, 2.75) is 6.85 Å². The minimum absolute atomic E-state index is 0.0977. The highest BCUT2D eigenvalue weighted by Gasteiger charge is 2.04. The van der Waals surface area contributed by atoms with Gasteiger partial charge in [-0.3, -0.25) is 0 Å². The third-order valence-electron chi connectivity index (χ3n) is 1.16. The molecule has 0 amide bonds. The van der Waals surface area contributed by atoms with Gasteiger partial charge >= 0.3 is 5.97 Å². The van der Waals surface area contributed by atoms with Gasteiger partial charge in [0, 0.05) is 10.3 Å². The molecule has 1 aromatic heterocycles. The fourth-order valence-electron chi connectivity index (χ4n) is 0.619. The molecule has 0 saturated heterocycles. The lowest BCUT2D eigenvalue weighted by Crippen LogP contribution is -2.03. The van der Waals surface area contributed by atoms with Crippen molar-refractivity contribution in [3.05, 3.63) is 29.6 Å². The van der Waals surface area contributed by atoms with E-state index in [0.717, 1.165) is 6.20 Å². The normalized spacial score (nSPS) is 14.5. The van der Waals surface area contributed by atoms with Gasteiger partial charge in [0.05, 0.1) is 7.11 Å². The van der Waals surface area contributed by atoms with Gasteiger partial charge in [0.15, 0.2) is 0 Å². The van der Waals surface area contributed by atoms with Crippen molar-refractivity contribution in [2.75, 3.05) is 7.11 Å². The monoisotopic (exact) mass is 154 g/mol. The molecule has 0 spiro atoms. The molecule has 0 fully saturated rings. The summed E-state index contributed by atoms with van der Waals surface area (Å²) in [4.78, 5) is 14.6. The molecule has 0 aromatic carbocycles. The number of carbonyl (C=O) groups excluding carboxylic acids is 1. The summed E-state index contributed by atoms with van der Waals surface area (Å²) in [5.74, 6) is -0.581. The highest BCUT2D eigenvalue weighted by atomic mass is 16.5. The number of pyridine rings is 1. The number of hydrogen-bond acceptors (Lipinski definition) is 3. The van der Waals surface area contributed by atoms with E-state index in [0.29, 0.717) is 0 Å². The van der Waals surface area contributed by atoms with E-state index in [1.165, 1.54) is 19.2 Å². The van der Waals surface area contributed by atoms with Gasteiger partial charge in [-0.25, -0.2) is 9.78 Å². The van der Waals surface area contributed by atoms with Gasteiger partial charge < -0.3 is 4.74 Å². The van der Waals surface area contributed by atoms with Crippen LogP contribution in [0.5, 0.6) is 0 Å². The van der Waals surface area contributed by atoms with Crippen molar-refractivity contribution in [2.24, 2.45) is 0 Å². The molecule has 0 aliphatic rings. The Morgan fingerprint density at radius 2 is 2.55 bits per heavy atom. The van der Waals surface area contributed by atoms with Crippen LogP contribution in [0.2, 0.25) is 0 Å². The Bertz CT molecular complexity index is 331. The van der Waals surface area contributed by atoms with E-state index in [-0.39, 0.29) is 11.3 Å². The summed E-state index contributed by atoms with van der Waals surface area (Å²) >= 11 is 0. The van der Waals surface area contributed by atoms with Crippen LogP contribution in [0.25, 0.3) is 0 Å². The van der Waals surface area contributed by atoms with Crippen molar-refractivity contribution in [3.8, 4) is 0 Å². The van der Waals surface area contributed by atoms with Crippen molar-refractivity contribution in [1.82, 2.24) is 4.98 Å². The minimum atomic E-state index is -2.19. The van der Waals surface area contributed by atoms with Crippen LogP contribution in [0.1, 0.15) is 20.2 Å². The number of carbonyl (C=O) groups is 1. The van der Waals surface area contributed by atoms with E-state index < -0.39 is 12.8 Å². The van der Waals surface area contributed by atoms with Crippen LogP contribution in [-0.4, -0.2) is 18.1 Å². The third kappa shape index (κ3) is 1.77. The molecular formula is C8H9NO2. The first-order valence-corrected chi connectivity index (χ1v) is 3.00. The Morgan fingerprint density at radius 3 is 3.00 bits per heavy atom. The predicted octanol–water partition coefficient (Wildman–Crippen LogP) is 1.18. The second kappa shape index (κ2) is 3.14. The standard InChI is InChI=1S/C8H9NO2/c1-6-3-4-7(9-5-6)8(10)11-2/h3-5H,1-2H3/i1D3. The Labute approximate surface area is 69.2 Å². The molecule has 1 rings (SSSR count). The molecule has 0 N–H and O–H groups in total. The summed E-state index contributed by atoms with van der Waals surface area (Å²) in [5.41, 5.74) is 0.200. The summed E-state index contributed by atoms with van der Waals surface area (Å²) in [6.45, 7) is -2.19. The largest absolute Gasteiger partial charge is 0.464 e. The molecule has 58 valence electrons. The number of aromatic nitrogens is 1. The summed E-state index contributed by atoms with van der Waals surface area (Å²) in [5, 5.41) is 0. The van der Waals surface area contributed by atoms with Gasteiger partial charge in [-0.2, -0.15) is 0 Å². The first-order valence-electron chi connectivity index (χ1n) is 4.50. The Morgan fingerprint density at radius 1 is 1.73 bits per heavy atom. The zero-order valence-electron chi connectivity index (χ0n) is 9.00. The van der Waals surface area contributed by atoms with E-state index in [4.69, 9.17) is 4.11 Å². The summed E-state index contributed by atoms with van der Waals surface area (Å²) in [6.07, 6.45) is 1.15. The van der Waals surface area contributed by atoms with Gasteiger partial charge in [-0.05, 0) is 18.5 Å². The molecule has 1 heterocycles. The zero-order valence-corrected chi connectivity index (χ0v) is 6.00. The topological polar surface area (TPSA) is 39.2 Å². The molecule has 1 aromatic rings. The maximum atomic E-state index is 10.9. The molecule has 0 radical (unpaired) electrons. The highest BCUT2D eigenvalue weighted by molar-refractivity contribution is 5.86. The third-order valence-corrected chi connectivity index (χ3v) is 1.16. The van der Waals surface area contributed by atoms with Crippen LogP contribution in [0.4, 0.5) is 0 Å². The number of aryl methyl sites for hydroxylation is 1. The lowest BCUT2D eigenvalue weighted by molar-refractivity contribution is 0.0594. The number of rotatable bonds is 1. The fraction of sp³-hybridized carbons (Fsp3) is 0.250. The summed E-state index contributed by atoms with van der Waals surface area (Å²) in [6, 6.07) is 2.67. The van der Waals surface area contributed by atoms with Crippen molar-refractivity contribution >= 4 is 5.97 Å². The zero-order chi connectivity index (χ0) is 10.8. The van der Waals surface area contributed by atoms with E-state index in [9.17, 15) is 4.79 Å². The number of nitrogens with zero attached hydrogens (tertiary/aromatic N) is 1. The number of ether oxygens (including phenoxy) is 1. The molecule has 3 nitrogen and oxygen atoms in total. The van der Waals surface area contributed by atoms with E-state index in [2.05, 4.69) is 9.72 Å². The number of esters is 1. The van der Waals surface area contributed by atoms with Crippen molar-refractivity contribution in [3.63, 3.8) is 0 Å². The molecule has 0 aliphatic carbocycles. The van der Waals surface area contributed by atoms with Crippen LogP contribution in [0.15, 0.2) is 18.3 Å².